The minimum Gasteiger partial charge on any atom is -0.383 e. The number of hydrogen-bond donors (Lipinski definition) is 3. The summed E-state index contributed by atoms with van der Waals surface area (Å²) in [6.07, 6.45) is 3.66. The van der Waals surface area contributed by atoms with Crippen LogP contribution in [0.5, 0.6) is 0 Å². The molecule has 7 heteroatoms. The average molecular weight is 221 g/mol. The number of nitrogens with one attached hydrogen (secondary N) is 2. The highest BCUT2D eigenvalue weighted by atomic mass is 19.1. The molecular weight excluding hydrogens is 213 g/mol. The molecule has 0 fully saturated rings. The van der Waals surface area contributed by atoms with Crippen molar-refractivity contribution in [2.45, 2.75) is 0 Å². The molecule has 0 aliphatic rings. The molecule has 0 saturated heterocycles. The molecule has 2 aromatic heterocycles. The van der Waals surface area contributed by atoms with Crippen LogP contribution in [0.1, 0.15) is 10.4 Å². The fourth-order valence-corrected chi connectivity index (χ4v) is 1.16. The van der Waals surface area contributed by atoms with Crippen LogP contribution in [0.25, 0.3) is 0 Å². The standard InChI is InChI=1S/C9H8FN5O/c10-5-1-6(3-12-2-5)14-9(16)7-4-13-15-8(7)11/h1-4H,(H,14,16)(H3,11,13,15). The molecule has 2 rings (SSSR count). The molecule has 0 aliphatic carbocycles. The number of carbonyl (C=O) groups excluding carboxylic acids is 1. The number of aromatic nitrogens is 3. The fourth-order valence-electron chi connectivity index (χ4n) is 1.16. The summed E-state index contributed by atoms with van der Waals surface area (Å²) in [6, 6.07) is 1.15. The number of anilines is 2. The van der Waals surface area contributed by atoms with Crippen molar-refractivity contribution in [1.82, 2.24) is 15.2 Å². The quantitative estimate of drug-likeness (QED) is 0.698. The highest BCUT2D eigenvalue weighted by Gasteiger charge is 2.11. The molecule has 0 radical (unpaired) electrons. The second-order valence-electron chi connectivity index (χ2n) is 3.04. The number of H-pyrrole nitrogens is 1. The monoisotopic (exact) mass is 221 g/mol. The van der Waals surface area contributed by atoms with Crippen LogP contribution in [0.2, 0.25) is 0 Å². The molecule has 0 bridgehead atoms. The lowest BCUT2D eigenvalue weighted by molar-refractivity contribution is 0.102. The maximum Gasteiger partial charge on any atom is 0.261 e. The third-order valence-corrected chi connectivity index (χ3v) is 1.88. The Kier molecular flexibility index (Phi) is 2.50. The second-order valence-corrected chi connectivity index (χ2v) is 3.04. The van der Waals surface area contributed by atoms with E-state index in [0.29, 0.717) is 0 Å². The number of aromatic amines is 1. The van der Waals surface area contributed by atoms with Gasteiger partial charge in [-0.05, 0) is 0 Å². The first-order valence-electron chi connectivity index (χ1n) is 4.37. The molecule has 0 aliphatic heterocycles. The first-order chi connectivity index (χ1) is 7.66. The molecule has 0 unspecified atom stereocenters. The highest BCUT2D eigenvalue weighted by Crippen LogP contribution is 2.11. The van der Waals surface area contributed by atoms with E-state index >= 15 is 0 Å². The van der Waals surface area contributed by atoms with Crippen LogP contribution in [-0.4, -0.2) is 21.1 Å². The third kappa shape index (κ3) is 1.97. The molecule has 6 nitrogen and oxygen atoms in total. The summed E-state index contributed by atoms with van der Waals surface area (Å²) in [6.45, 7) is 0. The molecule has 2 heterocycles. The summed E-state index contributed by atoms with van der Waals surface area (Å²) in [5.41, 5.74) is 5.91. The van der Waals surface area contributed by atoms with Crippen LogP contribution >= 0.6 is 0 Å². The Labute approximate surface area is 89.7 Å². The van der Waals surface area contributed by atoms with Gasteiger partial charge in [0.15, 0.2) is 0 Å². The van der Waals surface area contributed by atoms with Crippen LogP contribution in [0.15, 0.2) is 24.7 Å². The Hall–Kier alpha value is -2.44. The fraction of sp³-hybridized carbons (Fsp3) is 0. The average Bonchev–Trinajstić information content (AvgIpc) is 2.64. The molecule has 0 saturated carbocycles. The van der Waals surface area contributed by atoms with Crippen molar-refractivity contribution in [1.29, 1.82) is 0 Å². The SMILES string of the molecule is Nc1[nH]ncc1C(=O)Nc1cncc(F)c1. The first-order valence-corrected chi connectivity index (χ1v) is 4.37. The van der Waals surface area contributed by atoms with Crippen LogP contribution in [0, 0.1) is 5.82 Å². The number of rotatable bonds is 2. The van der Waals surface area contributed by atoms with Crippen LogP contribution in [0.4, 0.5) is 15.9 Å². The van der Waals surface area contributed by atoms with Crippen molar-refractivity contribution >= 4 is 17.4 Å². The van der Waals surface area contributed by atoms with Gasteiger partial charge in [-0.2, -0.15) is 5.10 Å². The van der Waals surface area contributed by atoms with Gasteiger partial charge in [-0.15, -0.1) is 0 Å². The van der Waals surface area contributed by atoms with Gasteiger partial charge >= 0.3 is 0 Å². The Balaban J connectivity index is 2.17. The van der Waals surface area contributed by atoms with E-state index in [-0.39, 0.29) is 17.1 Å². The summed E-state index contributed by atoms with van der Waals surface area (Å²) < 4.78 is 12.8. The molecule has 0 spiro atoms. The van der Waals surface area contributed by atoms with Crippen molar-refractivity contribution in [2.24, 2.45) is 0 Å². The van der Waals surface area contributed by atoms with Crippen LogP contribution in [0.3, 0.4) is 0 Å². The molecular formula is C9H8FN5O. The first kappa shape index (κ1) is 10.1. The van der Waals surface area contributed by atoms with Gasteiger partial charge in [0.1, 0.15) is 17.2 Å². The number of halogens is 1. The van der Waals surface area contributed by atoms with Gasteiger partial charge in [-0.3, -0.25) is 14.9 Å². The predicted molar refractivity (Wildman–Crippen MR) is 55.1 cm³/mol. The minimum absolute atomic E-state index is 0.155. The topological polar surface area (TPSA) is 96.7 Å². The summed E-state index contributed by atoms with van der Waals surface area (Å²) >= 11 is 0. The van der Waals surface area contributed by atoms with E-state index in [4.69, 9.17) is 5.73 Å². The van der Waals surface area contributed by atoms with E-state index in [2.05, 4.69) is 20.5 Å². The number of nitrogens with two attached hydrogens (primary N) is 1. The summed E-state index contributed by atoms with van der Waals surface area (Å²) in [4.78, 5) is 15.2. The van der Waals surface area contributed by atoms with Crippen molar-refractivity contribution in [3.63, 3.8) is 0 Å². The molecule has 2 aromatic rings. The number of hydrogen-bond acceptors (Lipinski definition) is 4. The number of carbonyl (C=O) groups is 1. The number of nitrogen functional groups attached to an aromatic ring is 1. The zero-order valence-corrected chi connectivity index (χ0v) is 8.07. The van der Waals surface area contributed by atoms with Crippen molar-refractivity contribution in [2.75, 3.05) is 11.1 Å². The minimum atomic E-state index is -0.530. The largest absolute Gasteiger partial charge is 0.383 e. The normalized spacial score (nSPS) is 10.1. The van der Waals surface area contributed by atoms with E-state index < -0.39 is 11.7 Å². The number of pyridine rings is 1. The van der Waals surface area contributed by atoms with Crippen molar-refractivity contribution in [3.8, 4) is 0 Å². The number of amides is 1. The smallest absolute Gasteiger partial charge is 0.261 e. The zero-order chi connectivity index (χ0) is 11.5. The zero-order valence-electron chi connectivity index (χ0n) is 8.07. The van der Waals surface area contributed by atoms with Crippen molar-refractivity contribution < 1.29 is 9.18 Å². The van der Waals surface area contributed by atoms with E-state index in [1.807, 2.05) is 0 Å². The van der Waals surface area contributed by atoms with E-state index in [9.17, 15) is 9.18 Å². The second kappa shape index (κ2) is 3.97. The van der Waals surface area contributed by atoms with E-state index in [1.54, 1.807) is 0 Å². The lowest BCUT2D eigenvalue weighted by atomic mass is 10.3. The molecule has 1 amide bonds. The summed E-state index contributed by atoms with van der Waals surface area (Å²) in [7, 11) is 0. The van der Waals surface area contributed by atoms with Gasteiger partial charge in [0.25, 0.3) is 5.91 Å². The molecule has 4 N–H and O–H groups in total. The summed E-state index contributed by atoms with van der Waals surface area (Å²) in [5.74, 6) is -0.849. The van der Waals surface area contributed by atoms with Crippen LogP contribution in [-0.2, 0) is 0 Å². The van der Waals surface area contributed by atoms with Gasteiger partial charge < -0.3 is 11.1 Å². The van der Waals surface area contributed by atoms with Gasteiger partial charge in [0.2, 0.25) is 0 Å². The van der Waals surface area contributed by atoms with Gasteiger partial charge in [0.05, 0.1) is 24.3 Å². The Morgan fingerprint density at radius 3 is 2.88 bits per heavy atom. The molecule has 0 aromatic carbocycles. The molecule has 16 heavy (non-hydrogen) atoms. The predicted octanol–water partition coefficient (Wildman–Crippen LogP) is 0.778. The molecule has 82 valence electrons. The lowest BCUT2D eigenvalue weighted by Gasteiger charge is -2.03. The van der Waals surface area contributed by atoms with Gasteiger partial charge in [-0.25, -0.2) is 4.39 Å². The summed E-state index contributed by atoms with van der Waals surface area (Å²) in [5, 5.41) is 8.47. The van der Waals surface area contributed by atoms with Crippen molar-refractivity contribution in [3.05, 3.63) is 36.0 Å². The Morgan fingerprint density at radius 1 is 1.44 bits per heavy atom. The van der Waals surface area contributed by atoms with Crippen LogP contribution < -0.4 is 11.1 Å². The highest BCUT2D eigenvalue weighted by molar-refractivity contribution is 6.06. The van der Waals surface area contributed by atoms with Gasteiger partial charge in [-0.1, -0.05) is 0 Å². The van der Waals surface area contributed by atoms with Gasteiger partial charge in [0, 0.05) is 6.07 Å². The molecule has 0 atom stereocenters. The Morgan fingerprint density at radius 2 is 2.25 bits per heavy atom. The maximum absolute atomic E-state index is 12.8. The van der Waals surface area contributed by atoms with E-state index in [0.717, 1.165) is 12.3 Å². The number of nitrogens with zero attached hydrogens (tertiary/aromatic N) is 2. The maximum atomic E-state index is 12.8. The Bertz CT molecular complexity index is 524. The lowest BCUT2D eigenvalue weighted by Crippen LogP contribution is -2.13. The van der Waals surface area contributed by atoms with E-state index in [1.165, 1.54) is 12.4 Å². The third-order valence-electron chi connectivity index (χ3n) is 1.88.